The molecule has 0 fully saturated rings. The lowest BCUT2D eigenvalue weighted by Gasteiger charge is -2.08. The molecular formula is C20H23NO2. The summed E-state index contributed by atoms with van der Waals surface area (Å²) in [6.45, 7) is 4.79. The Kier molecular flexibility index (Phi) is 6.42. The Morgan fingerprint density at radius 3 is 2.65 bits per heavy atom. The molecule has 3 heteroatoms. The van der Waals surface area contributed by atoms with Crippen molar-refractivity contribution in [3.8, 4) is 5.75 Å². The summed E-state index contributed by atoms with van der Waals surface area (Å²) in [6.07, 6.45) is 5.44. The van der Waals surface area contributed by atoms with Crippen molar-refractivity contribution in [3.05, 3.63) is 65.7 Å². The van der Waals surface area contributed by atoms with E-state index in [9.17, 15) is 4.79 Å². The van der Waals surface area contributed by atoms with Crippen LogP contribution in [-0.4, -0.2) is 12.5 Å². The normalized spacial score (nSPS) is 10.7. The van der Waals surface area contributed by atoms with Gasteiger partial charge in [0.25, 0.3) is 0 Å². The van der Waals surface area contributed by atoms with E-state index in [-0.39, 0.29) is 5.91 Å². The summed E-state index contributed by atoms with van der Waals surface area (Å²) in [5.74, 6) is 0.656. The van der Waals surface area contributed by atoms with E-state index in [1.165, 1.54) is 6.08 Å². The van der Waals surface area contributed by atoms with Gasteiger partial charge in [0, 0.05) is 17.3 Å². The van der Waals surface area contributed by atoms with Crippen molar-refractivity contribution in [2.45, 2.75) is 26.7 Å². The van der Waals surface area contributed by atoms with Gasteiger partial charge >= 0.3 is 0 Å². The maximum absolute atomic E-state index is 12.1. The SMILES string of the molecule is CCCCOc1ccccc1/C=C/C(=O)Nc1ccccc1C. The summed E-state index contributed by atoms with van der Waals surface area (Å²) >= 11 is 0. The van der Waals surface area contributed by atoms with Crippen LogP contribution in [0.1, 0.15) is 30.9 Å². The van der Waals surface area contributed by atoms with Crippen molar-refractivity contribution in [2.24, 2.45) is 0 Å². The number of carbonyl (C=O) groups excluding carboxylic acids is 1. The molecule has 3 nitrogen and oxygen atoms in total. The average molecular weight is 309 g/mol. The molecular weight excluding hydrogens is 286 g/mol. The topological polar surface area (TPSA) is 38.3 Å². The zero-order valence-electron chi connectivity index (χ0n) is 13.7. The third-order valence-corrected chi connectivity index (χ3v) is 3.49. The lowest BCUT2D eigenvalue weighted by molar-refractivity contribution is -0.111. The van der Waals surface area contributed by atoms with E-state index >= 15 is 0 Å². The number of carbonyl (C=O) groups is 1. The van der Waals surface area contributed by atoms with Gasteiger partial charge in [-0.25, -0.2) is 0 Å². The molecule has 0 saturated carbocycles. The van der Waals surface area contributed by atoms with E-state index < -0.39 is 0 Å². The van der Waals surface area contributed by atoms with Gasteiger partial charge in [0.05, 0.1) is 6.61 Å². The molecule has 0 radical (unpaired) electrons. The smallest absolute Gasteiger partial charge is 0.248 e. The van der Waals surface area contributed by atoms with Crippen LogP contribution in [0.25, 0.3) is 6.08 Å². The second-order valence-corrected chi connectivity index (χ2v) is 5.38. The fourth-order valence-electron chi connectivity index (χ4n) is 2.13. The Hall–Kier alpha value is -2.55. The van der Waals surface area contributed by atoms with E-state index in [0.717, 1.165) is 35.4 Å². The molecule has 0 aliphatic heterocycles. The molecule has 2 aromatic rings. The molecule has 0 aromatic heterocycles. The highest BCUT2D eigenvalue weighted by Gasteiger charge is 2.03. The number of rotatable bonds is 7. The van der Waals surface area contributed by atoms with E-state index in [0.29, 0.717) is 6.61 Å². The number of amides is 1. The van der Waals surface area contributed by atoms with Crippen molar-refractivity contribution in [1.82, 2.24) is 0 Å². The highest BCUT2D eigenvalue weighted by molar-refractivity contribution is 6.02. The molecule has 0 spiro atoms. The Labute approximate surface area is 138 Å². The molecule has 120 valence electrons. The number of aryl methyl sites for hydroxylation is 1. The largest absolute Gasteiger partial charge is 0.493 e. The molecule has 1 amide bonds. The van der Waals surface area contributed by atoms with Gasteiger partial charge in [0.15, 0.2) is 0 Å². The summed E-state index contributed by atoms with van der Waals surface area (Å²) in [5, 5.41) is 2.89. The number of anilines is 1. The first-order valence-electron chi connectivity index (χ1n) is 7.97. The van der Waals surface area contributed by atoms with Crippen molar-refractivity contribution < 1.29 is 9.53 Å². The van der Waals surface area contributed by atoms with Crippen molar-refractivity contribution in [1.29, 1.82) is 0 Å². The number of unbranched alkanes of at least 4 members (excludes halogenated alkanes) is 1. The van der Waals surface area contributed by atoms with E-state index in [4.69, 9.17) is 4.74 Å². The van der Waals surface area contributed by atoms with Crippen LogP contribution in [-0.2, 0) is 4.79 Å². The number of nitrogens with one attached hydrogen (secondary N) is 1. The third kappa shape index (κ3) is 5.29. The monoisotopic (exact) mass is 309 g/mol. The van der Waals surface area contributed by atoms with Crippen LogP contribution in [0.2, 0.25) is 0 Å². The fourth-order valence-corrected chi connectivity index (χ4v) is 2.13. The lowest BCUT2D eigenvalue weighted by Crippen LogP contribution is -2.08. The maximum atomic E-state index is 12.1. The van der Waals surface area contributed by atoms with Gasteiger partial charge in [0.2, 0.25) is 5.91 Å². The Morgan fingerprint density at radius 2 is 1.87 bits per heavy atom. The zero-order valence-corrected chi connectivity index (χ0v) is 13.7. The molecule has 23 heavy (non-hydrogen) atoms. The van der Waals surface area contributed by atoms with Crippen LogP contribution in [0.4, 0.5) is 5.69 Å². The molecule has 0 heterocycles. The maximum Gasteiger partial charge on any atom is 0.248 e. The first kappa shape index (κ1) is 16.8. The lowest BCUT2D eigenvalue weighted by atomic mass is 10.1. The molecule has 2 rings (SSSR count). The predicted octanol–water partition coefficient (Wildman–Crippen LogP) is 4.83. The predicted molar refractivity (Wildman–Crippen MR) is 95.7 cm³/mol. The van der Waals surface area contributed by atoms with Gasteiger partial charge in [-0.15, -0.1) is 0 Å². The first-order valence-corrected chi connectivity index (χ1v) is 7.97. The molecule has 0 aliphatic carbocycles. The van der Waals surface area contributed by atoms with Gasteiger partial charge < -0.3 is 10.1 Å². The first-order chi connectivity index (χ1) is 11.2. The van der Waals surface area contributed by atoms with Gasteiger partial charge in [-0.2, -0.15) is 0 Å². The van der Waals surface area contributed by atoms with Crippen molar-refractivity contribution in [2.75, 3.05) is 11.9 Å². The standard InChI is InChI=1S/C20H23NO2/c1-3-4-15-23-19-12-8-6-10-17(19)13-14-20(22)21-18-11-7-5-9-16(18)2/h5-14H,3-4,15H2,1-2H3,(H,21,22)/b14-13+. The molecule has 0 atom stereocenters. The van der Waals surface area contributed by atoms with Gasteiger partial charge in [-0.05, 0) is 37.1 Å². The number of ether oxygens (including phenoxy) is 1. The Bertz CT molecular complexity index is 677. The van der Waals surface area contributed by atoms with Crippen LogP contribution >= 0.6 is 0 Å². The molecule has 0 saturated heterocycles. The third-order valence-electron chi connectivity index (χ3n) is 3.49. The summed E-state index contributed by atoms with van der Waals surface area (Å²) < 4.78 is 5.76. The fraction of sp³-hybridized carbons (Fsp3) is 0.250. The molecule has 0 bridgehead atoms. The van der Waals surface area contributed by atoms with E-state index in [2.05, 4.69) is 12.2 Å². The van der Waals surface area contributed by atoms with Crippen molar-refractivity contribution >= 4 is 17.7 Å². The summed E-state index contributed by atoms with van der Waals surface area (Å²) in [6, 6.07) is 15.5. The van der Waals surface area contributed by atoms with E-state index in [1.54, 1.807) is 6.08 Å². The van der Waals surface area contributed by atoms with Crippen LogP contribution < -0.4 is 10.1 Å². The number of hydrogen-bond donors (Lipinski definition) is 1. The minimum Gasteiger partial charge on any atom is -0.493 e. The van der Waals surface area contributed by atoms with E-state index in [1.807, 2.05) is 55.5 Å². The number of benzene rings is 2. The number of hydrogen-bond acceptors (Lipinski definition) is 2. The molecule has 1 N–H and O–H groups in total. The van der Waals surface area contributed by atoms with Gasteiger partial charge in [-0.3, -0.25) is 4.79 Å². The second-order valence-electron chi connectivity index (χ2n) is 5.38. The van der Waals surface area contributed by atoms with Gasteiger partial charge in [0.1, 0.15) is 5.75 Å². The summed E-state index contributed by atoms with van der Waals surface area (Å²) in [5.41, 5.74) is 2.77. The van der Waals surface area contributed by atoms with Crippen LogP contribution in [0, 0.1) is 6.92 Å². The summed E-state index contributed by atoms with van der Waals surface area (Å²) in [4.78, 5) is 12.1. The molecule has 0 aliphatic rings. The number of para-hydroxylation sites is 2. The van der Waals surface area contributed by atoms with Crippen molar-refractivity contribution in [3.63, 3.8) is 0 Å². The average Bonchev–Trinajstić information content (AvgIpc) is 2.56. The molecule has 2 aromatic carbocycles. The van der Waals surface area contributed by atoms with Gasteiger partial charge in [-0.1, -0.05) is 49.7 Å². The highest BCUT2D eigenvalue weighted by Crippen LogP contribution is 2.20. The van der Waals surface area contributed by atoms with Crippen LogP contribution in [0.5, 0.6) is 5.75 Å². The molecule has 0 unspecified atom stereocenters. The quantitative estimate of drug-likeness (QED) is 0.588. The summed E-state index contributed by atoms with van der Waals surface area (Å²) in [7, 11) is 0. The van der Waals surface area contributed by atoms with Crippen LogP contribution in [0.3, 0.4) is 0 Å². The second kappa shape index (κ2) is 8.79. The van der Waals surface area contributed by atoms with Crippen LogP contribution in [0.15, 0.2) is 54.6 Å². The Morgan fingerprint density at radius 1 is 1.13 bits per heavy atom. The zero-order chi connectivity index (χ0) is 16.5. The highest BCUT2D eigenvalue weighted by atomic mass is 16.5. The Balaban J connectivity index is 2.02. The minimum atomic E-state index is -0.150. The minimum absolute atomic E-state index is 0.150.